The molecular weight excluding hydrogens is 368 g/mol. The number of hydrogen-bond acceptors (Lipinski definition) is 4. The summed E-state index contributed by atoms with van der Waals surface area (Å²) in [5.41, 5.74) is 2.22. The van der Waals surface area contributed by atoms with E-state index >= 15 is 0 Å². The molecule has 0 bridgehead atoms. The highest BCUT2D eigenvalue weighted by molar-refractivity contribution is 7.99. The van der Waals surface area contributed by atoms with Gasteiger partial charge in [0.15, 0.2) is 5.16 Å². The maximum absolute atomic E-state index is 12.6. The molecule has 1 amide bonds. The average Bonchev–Trinajstić information content (AvgIpc) is 3.12. The summed E-state index contributed by atoms with van der Waals surface area (Å²) >= 11 is 1.40. The van der Waals surface area contributed by atoms with E-state index in [4.69, 9.17) is 4.98 Å². The van der Waals surface area contributed by atoms with E-state index < -0.39 is 5.54 Å². The molecule has 1 aliphatic rings. The minimum Gasteiger partial charge on any atom is -0.337 e. The highest BCUT2D eigenvalue weighted by atomic mass is 32.2. The number of aromatic nitrogens is 2. The molecule has 28 heavy (non-hydrogen) atoms. The largest absolute Gasteiger partial charge is 0.337 e. The Morgan fingerprint density at radius 3 is 2.57 bits per heavy atom. The molecule has 0 aliphatic heterocycles. The summed E-state index contributed by atoms with van der Waals surface area (Å²) < 4.78 is 2.08. The van der Waals surface area contributed by atoms with Crippen molar-refractivity contribution in [1.29, 1.82) is 5.26 Å². The van der Waals surface area contributed by atoms with Gasteiger partial charge in [0, 0.05) is 5.69 Å². The number of benzene rings is 2. The zero-order valence-corrected chi connectivity index (χ0v) is 16.4. The van der Waals surface area contributed by atoms with E-state index in [1.54, 1.807) is 0 Å². The zero-order chi connectivity index (χ0) is 19.4. The molecule has 3 aromatic rings. The summed E-state index contributed by atoms with van der Waals surface area (Å²) in [5.74, 6) is 0.125. The molecule has 0 spiro atoms. The summed E-state index contributed by atoms with van der Waals surface area (Å²) in [7, 11) is 0. The maximum atomic E-state index is 12.6. The standard InChI is InChI=1S/C22H22N4OS/c23-16-22(13-7-2-8-14-22)25-20(27)15-28-21-24-18-11-5-6-12-19(18)26(21)17-9-3-1-4-10-17/h1,3-6,9-12H,2,7-8,13-15H2,(H,25,27). The second-order valence-corrected chi connectivity index (χ2v) is 8.09. The molecule has 5 nitrogen and oxygen atoms in total. The van der Waals surface area contributed by atoms with Gasteiger partial charge in [-0.25, -0.2) is 4.98 Å². The second-order valence-electron chi connectivity index (χ2n) is 7.15. The van der Waals surface area contributed by atoms with Gasteiger partial charge in [0.05, 0.1) is 22.9 Å². The first-order valence-corrected chi connectivity index (χ1v) is 10.6. The first kappa shape index (κ1) is 18.6. The monoisotopic (exact) mass is 390 g/mol. The number of hydrogen-bond donors (Lipinski definition) is 1. The third-order valence-electron chi connectivity index (χ3n) is 5.18. The van der Waals surface area contributed by atoms with Gasteiger partial charge in [-0.1, -0.05) is 61.4 Å². The highest BCUT2D eigenvalue weighted by Crippen LogP contribution is 2.30. The van der Waals surface area contributed by atoms with E-state index in [0.717, 1.165) is 54.0 Å². The first-order valence-electron chi connectivity index (χ1n) is 9.59. The Kier molecular flexibility index (Phi) is 5.36. The van der Waals surface area contributed by atoms with E-state index in [-0.39, 0.29) is 11.7 Å². The van der Waals surface area contributed by atoms with Crippen molar-refractivity contribution in [2.24, 2.45) is 0 Å². The van der Waals surface area contributed by atoms with E-state index in [9.17, 15) is 10.1 Å². The SMILES string of the molecule is N#CC1(NC(=O)CSc2nc3ccccc3n2-c2ccccc2)CCCCC1. The average molecular weight is 391 g/mol. The molecule has 0 unspecified atom stereocenters. The summed E-state index contributed by atoms with van der Waals surface area (Å²) in [6, 6.07) is 20.3. The van der Waals surface area contributed by atoms with Crippen LogP contribution in [-0.4, -0.2) is 26.8 Å². The fourth-order valence-corrected chi connectivity index (χ4v) is 4.61. The normalized spacial score (nSPS) is 15.8. The number of nitrogens with one attached hydrogen (secondary N) is 1. The van der Waals surface area contributed by atoms with Crippen molar-refractivity contribution >= 4 is 28.7 Å². The molecule has 0 radical (unpaired) electrons. The van der Waals surface area contributed by atoms with Crippen LogP contribution in [-0.2, 0) is 4.79 Å². The van der Waals surface area contributed by atoms with E-state index in [0.29, 0.717) is 0 Å². The third-order valence-corrected chi connectivity index (χ3v) is 6.12. The number of rotatable bonds is 5. The van der Waals surface area contributed by atoms with Gasteiger partial charge in [0.25, 0.3) is 0 Å². The van der Waals surface area contributed by atoms with Crippen LogP contribution in [0.5, 0.6) is 0 Å². The minimum atomic E-state index is -0.699. The van der Waals surface area contributed by atoms with Crippen molar-refractivity contribution in [3.63, 3.8) is 0 Å². The number of fused-ring (bicyclic) bond motifs is 1. The summed E-state index contributed by atoms with van der Waals surface area (Å²) in [6.07, 6.45) is 4.59. The Balaban J connectivity index is 1.55. The molecule has 0 saturated heterocycles. The molecule has 6 heteroatoms. The van der Waals surface area contributed by atoms with Crippen LogP contribution in [0.1, 0.15) is 32.1 Å². The van der Waals surface area contributed by atoms with E-state index in [1.165, 1.54) is 11.8 Å². The Hall–Kier alpha value is -2.78. The summed E-state index contributed by atoms with van der Waals surface area (Å²) in [4.78, 5) is 17.3. The predicted octanol–water partition coefficient (Wildman–Crippen LogP) is 4.46. The topological polar surface area (TPSA) is 70.7 Å². The van der Waals surface area contributed by atoms with Crippen molar-refractivity contribution in [2.45, 2.75) is 42.8 Å². The van der Waals surface area contributed by atoms with E-state index in [2.05, 4.69) is 16.0 Å². The number of para-hydroxylation sites is 3. The lowest BCUT2D eigenvalue weighted by Gasteiger charge is -2.31. The fraction of sp³-hybridized carbons (Fsp3) is 0.318. The predicted molar refractivity (Wildman–Crippen MR) is 111 cm³/mol. The number of thioether (sulfide) groups is 1. The molecule has 142 valence electrons. The third kappa shape index (κ3) is 3.76. The van der Waals surface area contributed by atoms with Crippen LogP contribution in [0.2, 0.25) is 0 Å². The van der Waals surface area contributed by atoms with Gasteiger partial charge in [-0.05, 0) is 37.1 Å². The molecule has 1 N–H and O–H groups in total. The molecule has 2 aromatic carbocycles. The number of nitrogens with zero attached hydrogens (tertiary/aromatic N) is 3. The zero-order valence-electron chi connectivity index (χ0n) is 15.6. The van der Waals surface area contributed by atoms with Gasteiger partial charge in [0.2, 0.25) is 5.91 Å². The molecular formula is C22H22N4OS. The van der Waals surface area contributed by atoms with Crippen molar-refractivity contribution < 1.29 is 4.79 Å². The maximum Gasteiger partial charge on any atom is 0.231 e. The lowest BCUT2D eigenvalue weighted by molar-refractivity contribution is -0.120. The molecule has 1 aliphatic carbocycles. The fourth-order valence-electron chi connectivity index (χ4n) is 3.78. The van der Waals surface area contributed by atoms with Crippen molar-refractivity contribution in [1.82, 2.24) is 14.9 Å². The quantitative estimate of drug-likeness (QED) is 0.653. The molecule has 1 saturated carbocycles. The first-order chi connectivity index (χ1) is 13.7. The Morgan fingerprint density at radius 2 is 1.82 bits per heavy atom. The minimum absolute atomic E-state index is 0.111. The smallest absolute Gasteiger partial charge is 0.231 e. The van der Waals surface area contributed by atoms with Gasteiger partial charge >= 0.3 is 0 Å². The second kappa shape index (κ2) is 8.07. The van der Waals surface area contributed by atoms with Crippen molar-refractivity contribution in [2.75, 3.05) is 5.75 Å². The van der Waals surface area contributed by atoms with Gasteiger partial charge in [-0.15, -0.1) is 0 Å². The summed E-state index contributed by atoms with van der Waals surface area (Å²) in [5, 5.41) is 13.3. The van der Waals surface area contributed by atoms with Gasteiger partial charge in [0.1, 0.15) is 5.54 Å². The number of amides is 1. The van der Waals surface area contributed by atoms with Crippen LogP contribution in [0, 0.1) is 11.3 Å². The Labute approximate surface area is 168 Å². The van der Waals surface area contributed by atoms with Gasteiger partial charge in [-0.3, -0.25) is 9.36 Å². The molecule has 4 rings (SSSR count). The van der Waals surface area contributed by atoms with E-state index in [1.807, 2.05) is 54.6 Å². The summed E-state index contributed by atoms with van der Waals surface area (Å²) in [6.45, 7) is 0. The number of imidazole rings is 1. The van der Waals surface area contributed by atoms with Crippen LogP contribution in [0.4, 0.5) is 0 Å². The molecule has 1 fully saturated rings. The Bertz CT molecular complexity index is 1020. The van der Waals surface area contributed by atoms with Crippen LogP contribution in [0.15, 0.2) is 59.8 Å². The van der Waals surface area contributed by atoms with Gasteiger partial charge in [-0.2, -0.15) is 5.26 Å². The number of nitriles is 1. The highest BCUT2D eigenvalue weighted by Gasteiger charge is 2.33. The van der Waals surface area contributed by atoms with Crippen molar-refractivity contribution in [3.05, 3.63) is 54.6 Å². The molecule has 0 atom stereocenters. The van der Waals surface area contributed by atoms with Gasteiger partial charge < -0.3 is 5.32 Å². The lowest BCUT2D eigenvalue weighted by Crippen LogP contribution is -2.49. The van der Waals surface area contributed by atoms with Crippen molar-refractivity contribution in [3.8, 4) is 11.8 Å². The van der Waals surface area contributed by atoms with Crippen LogP contribution in [0.3, 0.4) is 0 Å². The van der Waals surface area contributed by atoms with Crippen LogP contribution in [0.25, 0.3) is 16.7 Å². The number of carbonyl (C=O) groups excluding carboxylic acids is 1. The lowest BCUT2D eigenvalue weighted by atomic mass is 9.83. The van der Waals surface area contributed by atoms with Crippen LogP contribution < -0.4 is 5.32 Å². The number of carbonyl (C=O) groups is 1. The van der Waals surface area contributed by atoms with Crippen LogP contribution >= 0.6 is 11.8 Å². The molecule has 1 aromatic heterocycles. The molecule has 1 heterocycles. The Morgan fingerprint density at radius 1 is 1.11 bits per heavy atom.